The molecule has 210 valence electrons. The van der Waals surface area contributed by atoms with E-state index in [9.17, 15) is 8.42 Å². The summed E-state index contributed by atoms with van der Waals surface area (Å²) in [6.07, 6.45) is 12.2. The highest BCUT2D eigenvalue weighted by Crippen LogP contribution is 2.50. The highest BCUT2D eigenvalue weighted by Gasteiger charge is 2.40. The van der Waals surface area contributed by atoms with E-state index in [1.54, 1.807) is 0 Å². The molecule has 0 amide bonds. The first-order valence-electron chi connectivity index (χ1n) is 14.7. The molecule has 0 atom stereocenters. The number of rotatable bonds is 6. The van der Waals surface area contributed by atoms with Gasteiger partial charge in [0, 0.05) is 23.1 Å². The number of sulfone groups is 1. The van der Waals surface area contributed by atoms with Crippen LogP contribution in [0.3, 0.4) is 0 Å². The second-order valence-corrected chi connectivity index (χ2v) is 14.4. The normalized spacial score (nSPS) is 18.4. The topological polar surface area (TPSA) is 37.4 Å². The number of fused-ring (bicyclic) bond motifs is 1. The third-order valence-electron chi connectivity index (χ3n) is 9.40. The fourth-order valence-electron chi connectivity index (χ4n) is 6.59. The van der Waals surface area contributed by atoms with Crippen molar-refractivity contribution in [3.63, 3.8) is 0 Å². The Hall–Kier alpha value is -3.63. The number of anilines is 1. The Morgan fingerprint density at radius 2 is 1.46 bits per heavy atom. The number of nitrogens with zero attached hydrogens (tertiary/aromatic N) is 1. The van der Waals surface area contributed by atoms with E-state index in [-0.39, 0.29) is 10.8 Å². The Labute approximate surface area is 245 Å². The van der Waals surface area contributed by atoms with Crippen molar-refractivity contribution >= 4 is 15.5 Å². The zero-order chi connectivity index (χ0) is 28.8. The molecule has 3 aliphatic rings. The Kier molecular flexibility index (Phi) is 6.94. The highest BCUT2D eigenvalue weighted by molar-refractivity contribution is 7.95. The van der Waals surface area contributed by atoms with Gasteiger partial charge in [-0.25, -0.2) is 8.42 Å². The Balaban J connectivity index is 1.51. The summed E-state index contributed by atoms with van der Waals surface area (Å²) in [5.74, 6) is 0. The molecule has 0 spiro atoms. The predicted octanol–water partition coefficient (Wildman–Crippen LogP) is 9.04. The molecule has 4 heteroatoms. The van der Waals surface area contributed by atoms with Crippen molar-refractivity contribution < 1.29 is 8.42 Å². The summed E-state index contributed by atoms with van der Waals surface area (Å²) in [5.41, 5.74) is 7.03. The van der Waals surface area contributed by atoms with Crippen molar-refractivity contribution in [1.82, 2.24) is 0 Å². The largest absolute Gasteiger partial charge is 0.338 e. The number of hydrogen-bond acceptors (Lipinski definition) is 3. The van der Waals surface area contributed by atoms with Gasteiger partial charge in [0.2, 0.25) is 9.84 Å². The molecule has 2 aliphatic carbocycles. The molecule has 6 rings (SSSR count). The molecule has 0 saturated heterocycles. The first-order valence-corrected chi connectivity index (χ1v) is 16.2. The van der Waals surface area contributed by atoms with Gasteiger partial charge < -0.3 is 4.90 Å². The summed E-state index contributed by atoms with van der Waals surface area (Å²) in [5, 5.41) is 0. The smallest absolute Gasteiger partial charge is 0.210 e. The van der Waals surface area contributed by atoms with Crippen molar-refractivity contribution in [3.8, 4) is 0 Å². The molecule has 3 aromatic carbocycles. The van der Waals surface area contributed by atoms with Gasteiger partial charge in [0.05, 0.1) is 15.5 Å². The van der Waals surface area contributed by atoms with Gasteiger partial charge in [-0.2, -0.15) is 0 Å². The summed E-state index contributed by atoms with van der Waals surface area (Å²) in [6.45, 7) is 9.47. The SMILES string of the molecule is CC(C)(C1=CC=CCC1)C1=CC2=C(CC1)N(Cc1ccccc1)c1ccc(C(C)(C)c3ccccc3)cc1S2(=O)=O. The first-order chi connectivity index (χ1) is 19.6. The van der Waals surface area contributed by atoms with Crippen molar-refractivity contribution in [3.05, 3.63) is 142 Å². The van der Waals surface area contributed by atoms with E-state index in [0.29, 0.717) is 22.8 Å². The van der Waals surface area contributed by atoms with Crippen LogP contribution in [0.5, 0.6) is 0 Å². The van der Waals surface area contributed by atoms with Crippen molar-refractivity contribution in [2.75, 3.05) is 4.90 Å². The summed E-state index contributed by atoms with van der Waals surface area (Å²) in [4.78, 5) is 3.13. The zero-order valence-electron chi connectivity index (χ0n) is 24.5. The molecule has 0 saturated carbocycles. The van der Waals surface area contributed by atoms with E-state index < -0.39 is 9.84 Å². The van der Waals surface area contributed by atoms with Gasteiger partial charge >= 0.3 is 0 Å². The van der Waals surface area contributed by atoms with Crippen LogP contribution in [0, 0.1) is 5.41 Å². The van der Waals surface area contributed by atoms with E-state index in [0.717, 1.165) is 47.3 Å². The fraction of sp³-hybridized carbons (Fsp3) is 0.297. The number of allylic oxidation sites excluding steroid dienone is 7. The van der Waals surface area contributed by atoms with Crippen molar-refractivity contribution in [2.45, 2.75) is 70.2 Å². The van der Waals surface area contributed by atoms with Crippen LogP contribution in [-0.2, 0) is 21.8 Å². The predicted molar refractivity (Wildman–Crippen MR) is 169 cm³/mol. The highest BCUT2D eigenvalue weighted by atomic mass is 32.2. The molecule has 0 bridgehead atoms. The van der Waals surface area contributed by atoms with Gasteiger partial charge in [-0.3, -0.25) is 0 Å². The second-order valence-electron chi connectivity index (χ2n) is 12.5. The monoisotopic (exact) mass is 561 g/mol. The molecule has 0 unspecified atom stereocenters. The van der Waals surface area contributed by atoms with Crippen LogP contribution in [-0.4, -0.2) is 8.42 Å². The molecule has 1 heterocycles. The van der Waals surface area contributed by atoms with Crippen molar-refractivity contribution in [2.24, 2.45) is 5.41 Å². The average molecular weight is 562 g/mol. The van der Waals surface area contributed by atoms with Gasteiger partial charge in [-0.15, -0.1) is 0 Å². The van der Waals surface area contributed by atoms with E-state index in [1.165, 1.54) is 11.1 Å². The maximum Gasteiger partial charge on any atom is 0.210 e. The van der Waals surface area contributed by atoms with E-state index >= 15 is 0 Å². The van der Waals surface area contributed by atoms with Crippen LogP contribution in [0.1, 0.15) is 70.1 Å². The zero-order valence-corrected chi connectivity index (χ0v) is 25.3. The van der Waals surface area contributed by atoms with Crippen LogP contribution in [0.25, 0.3) is 0 Å². The third kappa shape index (κ3) is 4.82. The summed E-state index contributed by atoms with van der Waals surface area (Å²) in [6, 6.07) is 26.7. The Bertz CT molecular complexity index is 1700. The molecule has 1 aliphatic heterocycles. The summed E-state index contributed by atoms with van der Waals surface area (Å²) < 4.78 is 29.1. The molecular formula is C37H39NO2S. The molecule has 0 fully saturated rings. The van der Waals surface area contributed by atoms with Crippen LogP contribution < -0.4 is 4.90 Å². The maximum atomic E-state index is 14.5. The van der Waals surface area contributed by atoms with Gasteiger partial charge in [-0.05, 0) is 60.6 Å². The van der Waals surface area contributed by atoms with Gasteiger partial charge in [-0.1, -0.05) is 124 Å². The minimum absolute atomic E-state index is 0.194. The number of hydrogen-bond donors (Lipinski definition) is 0. The Morgan fingerprint density at radius 3 is 2.15 bits per heavy atom. The van der Waals surface area contributed by atoms with Gasteiger partial charge in [0.15, 0.2) is 0 Å². The first kappa shape index (κ1) is 27.5. The molecule has 0 radical (unpaired) electrons. The van der Waals surface area contributed by atoms with Crippen molar-refractivity contribution in [1.29, 1.82) is 0 Å². The molecular weight excluding hydrogens is 522 g/mol. The maximum absolute atomic E-state index is 14.5. The second kappa shape index (κ2) is 10.3. The quantitative estimate of drug-likeness (QED) is 0.301. The average Bonchev–Trinajstić information content (AvgIpc) is 3.00. The summed E-state index contributed by atoms with van der Waals surface area (Å²) >= 11 is 0. The number of benzene rings is 3. The molecule has 0 aromatic heterocycles. The van der Waals surface area contributed by atoms with E-state index in [2.05, 4.69) is 81.2 Å². The molecule has 3 aromatic rings. The van der Waals surface area contributed by atoms with Crippen LogP contribution in [0.15, 0.2) is 130 Å². The van der Waals surface area contributed by atoms with Crippen LogP contribution >= 0.6 is 0 Å². The van der Waals surface area contributed by atoms with Gasteiger partial charge in [0.25, 0.3) is 0 Å². The standard InChI is InChI=1S/C37H39NO2S/c1-36(2,28-16-10-6-11-17-28)30-20-22-32-34(24-30)41(39,40)35-25-31(37(3,4)29-18-12-7-13-19-29)21-23-33(35)38(32)26-27-14-8-5-9-15-27/h5-12,14-18,20,22,24-25H,13,19,21,23,26H2,1-4H3. The third-order valence-corrected chi connectivity index (χ3v) is 11.2. The molecule has 3 nitrogen and oxygen atoms in total. The van der Waals surface area contributed by atoms with E-state index in [4.69, 9.17) is 0 Å². The van der Waals surface area contributed by atoms with Crippen LogP contribution in [0.2, 0.25) is 0 Å². The summed E-state index contributed by atoms with van der Waals surface area (Å²) in [7, 11) is -3.73. The van der Waals surface area contributed by atoms with Gasteiger partial charge in [0.1, 0.15) is 0 Å². The molecule has 0 N–H and O–H groups in total. The van der Waals surface area contributed by atoms with Crippen LogP contribution in [0.4, 0.5) is 5.69 Å². The fourth-order valence-corrected chi connectivity index (χ4v) is 8.38. The molecule has 41 heavy (non-hydrogen) atoms. The minimum atomic E-state index is -3.73. The van der Waals surface area contributed by atoms with E-state index in [1.807, 2.05) is 54.6 Å². The lowest BCUT2D eigenvalue weighted by Crippen LogP contribution is -2.34. The Morgan fingerprint density at radius 1 is 0.756 bits per heavy atom. The lowest BCUT2D eigenvalue weighted by atomic mass is 9.71. The lowest BCUT2D eigenvalue weighted by molar-refractivity contribution is 0.487. The lowest BCUT2D eigenvalue weighted by Gasteiger charge is -2.40. The minimum Gasteiger partial charge on any atom is -0.338 e.